The Bertz CT molecular complexity index is 754. The number of nitriles is 1. The maximum atomic E-state index is 12.7. The van der Waals surface area contributed by atoms with Gasteiger partial charge in [0.25, 0.3) is 0 Å². The third-order valence-corrected chi connectivity index (χ3v) is 4.75. The Kier molecular flexibility index (Phi) is 7.78. The molecule has 1 aromatic rings. The second-order valence-electron chi connectivity index (χ2n) is 6.57. The number of urea groups is 1. The van der Waals surface area contributed by atoms with Crippen molar-refractivity contribution in [1.29, 1.82) is 5.26 Å². The minimum Gasteiger partial charge on any atom is -0.353 e. The van der Waals surface area contributed by atoms with Gasteiger partial charge in [0.15, 0.2) is 0 Å². The molecule has 0 aromatic heterocycles. The smallest absolute Gasteiger partial charge is 0.341 e. The van der Waals surface area contributed by atoms with Crippen LogP contribution < -0.4 is 10.6 Å². The Hall–Kier alpha value is -3.11. The zero-order valence-corrected chi connectivity index (χ0v) is 16.0. The van der Waals surface area contributed by atoms with Crippen molar-refractivity contribution in [2.45, 2.75) is 25.7 Å². The van der Waals surface area contributed by atoms with E-state index in [2.05, 4.69) is 22.8 Å². The molecular weight excluding hydrogens is 356 g/mol. The number of carbonyl (C=O) groups is 2. The molecule has 3 N–H and O–H groups in total. The highest BCUT2D eigenvalue weighted by Gasteiger charge is 2.33. The number of amides is 3. The van der Waals surface area contributed by atoms with E-state index in [4.69, 9.17) is 5.26 Å². The molecule has 0 heterocycles. The van der Waals surface area contributed by atoms with Crippen molar-refractivity contribution in [3.8, 4) is 6.07 Å². The normalized spacial score (nSPS) is 20.2. The van der Waals surface area contributed by atoms with Gasteiger partial charge in [-0.3, -0.25) is 10.0 Å². The first-order valence-electron chi connectivity index (χ1n) is 9.35. The molecule has 0 saturated carbocycles. The van der Waals surface area contributed by atoms with Crippen LogP contribution in [-0.4, -0.2) is 41.8 Å². The lowest BCUT2D eigenvalue weighted by molar-refractivity contribution is -0.127. The van der Waals surface area contributed by atoms with E-state index in [-0.39, 0.29) is 37.9 Å². The average molecular weight is 382 g/mol. The monoisotopic (exact) mass is 382 g/mol. The summed E-state index contributed by atoms with van der Waals surface area (Å²) in [5.41, 5.74) is 0.430. The number of nitrogens with one attached hydrogen (secondary N) is 2. The maximum absolute atomic E-state index is 12.7. The molecule has 0 bridgehead atoms. The third kappa shape index (κ3) is 5.44. The summed E-state index contributed by atoms with van der Waals surface area (Å²) in [7, 11) is 0. The van der Waals surface area contributed by atoms with Gasteiger partial charge in [0.2, 0.25) is 5.91 Å². The fraction of sp³-hybridized carbons (Fsp3) is 0.381. The maximum Gasteiger partial charge on any atom is 0.341 e. The standard InChI is InChI=1S/C21H26N4O3/c1-2-21(11-9-18(10-12-21)17-7-4-3-5-8-17)19(26)23-15-16-25(28)20(27)24-14-6-13-22/h3-5,7-12,18,28H,2,6,14-16H2,1H3,(H,23,26)(H,24,27). The lowest BCUT2D eigenvalue weighted by atomic mass is 9.77. The van der Waals surface area contributed by atoms with Crippen LogP contribution >= 0.6 is 0 Å². The van der Waals surface area contributed by atoms with Gasteiger partial charge in [-0.2, -0.15) is 5.26 Å². The molecule has 28 heavy (non-hydrogen) atoms. The molecule has 0 spiro atoms. The van der Waals surface area contributed by atoms with Crippen LogP contribution in [0.15, 0.2) is 54.6 Å². The second kappa shape index (κ2) is 10.3. The predicted octanol–water partition coefficient (Wildman–Crippen LogP) is 2.72. The van der Waals surface area contributed by atoms with Crippen LogP contribution in [0.25, 0.3) is 0 Å². The molecule has 7 nitrogen and oxygen atoms in total. The molecule has 0 aliphatic heterocycles. The number of carbonyl (C=O) groups excluding carboxylic acids is 2. The van der Waals surface area contributed by atoms with E-state index in [1.807, 2.05) is 55.5 Å². The van der Waals surface area contributed by atoms with Crippen molar-refractivity contribution in [2.24, 2.45) is 5.41 Å². The van der Waals surface area contributed by atoms with Crippen molar-refractivity contribution in [3.63, 3.8) is 0 Å². The number of benzene rings is 1. The summed E-state index contributed by atoms with van der Waals surface area (Å²) in [6, 6.07) is 11.2. The largest absolute Gasteiger partial charge is 0.353 e. The van der Waals surface area contributed by atoms with Crippen molar-refractivity contribution in [1.82, 2.24) is 15.7 Å². The van der Waals surface area contributed by atoms with Crippen molar-refractivity contribution in [3.05, 3.63) is 60.2 Å². The zero-order valence-electron chi connectivity index (χ0n) is 16.0. The summed E-state index contributed by atoms with van der Waals surface area (Å²) in [6.45, 7) is 2.17. The van der Waals surface area contributed by atoms with Crippen molar-refractivity contribution in [2.75, 3.05) is 19.6 Å². The van der Waals surface area contributed by atoms with Gasteiger partial charge in [0.1, 0.15) is 0 Å². The minimum absolute atomic E-state index is 0.0516. The molecule has 148 valence electrons. The molecular formula is C21H26N4O3. The fourth-order valence-corrected chi connectivity index (χ4v) is 2.97. The van der Waals surface area contributed by atoms with Crippen LogP contribution in [0.2, 0.25) is 0 Å². The minimum atomic E-state index is -0.735. The van der Waals surface area contributed by atoms with E-state index in [0.717, 1.165) is 0 Å². The molecule has 0 atom stereocenters. The first kappa shape index (κ1) is 21.2. The summed E-state index contributed by atoms with van der Waals surface area (Å²) < 4.78 is 0. The van der Waals surface area contributed by atoms with Gasteiger partial charge < -0.3 is 10.6 Å². The van der Waals surface area contributed by atoms with E-state index in [0.29, 0.717) is 11.5 Å². The lowest BCUT2D eigenvalue weighted by Crippen LogP contribution is -2.45. The highest BCUT2D eigenvalue weighted by atomic mass is 16.5. The van der Waals surface area contributed by atoms with E-state index >= 15 is 0 Å². The molecule has 1 aliphatic carbocycles. The summed E-state index contributed by atoms with van der Waals surface area (Å²) in [4.78, 5) is 24.3. The van der Waals surface area contributed by atoms with Gasteiger partial charge in [-0.1, -0.05) is 61.6 Å². The summed E-state index contributed by atoms with van der Waals surface area (Å²) in [5, 5.41) is 23.8. The van der Waals surface area contributed by atoms with Crippen LogP contribution in [0.4, 0.5) is 4.79 Å². The van der Waals surface area contributed by atoms with E-state index < -0.39 is 11.4 Å². The summed E-state index contributed by atoms with van der Waals surface area (Å²) in [5.74, 6) is -0.0361. The first-order valence-corrected chi connectivity index (χ1v) is 9.35. The Morgan fingerprint density at radius 2 is 1.86 bits per heavy atom. The predicted molar refractivity (Wildman–Crippen MR) is 105 cm³/mol. The number of hydroxylamine groups is 2. The van der Waals surface area contributed by atoms with E-state index in [1.54, 1.807) is 0 Å². The van der Waals surface area contributed by atoms with Gasteiger partial charge in [-0.15, -0.1) is 0 Å². The lowest BCUT2D eigenvalue weighted by Gasteiger charge is -2.29. The average Bonchev–Trinajstić information content (AvgIpc) is 2.74. The highest BCUT2D eigenvalue weighted by Crippen LogP contribution is 2.34. The number of hydrogen-bond donors (Lipinski definition) is 3. The number of rotatable bonds is 8. The fourth-order valence-electron chi connectivity index (χ4n) is 2.97. The molecule has 2 rings (SSSR count). The molecule has 1 aliphatic rings. The zero-order chi connectivity index (χ0) is 20.4. The highest BCUT2D eigenvalue weighted by molar-refractivity contribution is 5.87. The Labute approximate surface area is 165 Å². The molecule has 0 unspecified atom stereocenters. The van der Waals surface area contributed by atoms with E-state index in [1.165, 1.54) is 5.56 Å². The van der Waals surface area contributed by atoms with Crippen LogP contribution in [-0.2, 0) is 4.79 Å². The van der Waals surface area contributed by atoms with E-state index in [9.17, 15) is 14.8 Å². The Morgan fingerprint density at radius 1 is 1.18 bits per heavy atom. The number of allylic oxidation sites excluding steroid dienone is 2. The van der Waals surface area contributed by atoms with Crippen LogP contribution in [0.3, 0.4) is 0 Å². The molecule has 0 radical (unpaired) electrons. The Morgan fingerprint density at radius 3 is 2.46 bits per heavy atom. The quantitative estimate of drug-likeness (QED) is 0.278. The molecule has 1 aromatic carbocycles. The molecule has 0 saturated heterocycles. The summed E-state index contributed by atoms with van der Waals surface area (Å²) >= 11 is 0. The second-order valence-corrected chi connectivity index (χ2v) is 6.57. The van der Waals surface area contributed by atoms with Crippen LogP contribution in [0.5, 0.6) is 0 Å². The van der Waals surface area contributed by atoms with Crippen molar-refractivity contribution >= 4 is 11.9 Å². The van der Waals surface area contributed by atoms with Gasteiger partial charge in [-0.05, 0) is 12.0 Å². The van der Waals surface area contributed by atoms with Crippen LogP contribution in [0, 0.1) is 16.7 Å². The SMILES string of the molecule is CCC1(C(=O)NCCN(O)C(=O)NCCC#N)C=CC(c2ccccc2)C=C1. The number of nitrogens with zero attached hydrogens (tertiary/aromatic N) is 2. The molecule has 3 amide bonds. The molecule has 7 heteroatoms. The first-order chi connectivity index (χ1) is 13.5. The van der Waals surface area contributed by atoms with Crippen molar-refractivity contribution < 1.29 is 14.8 Å². The third-order valence-electron chi connectivity index (χ3n) is 4.75. The van der Waals surface area contributed by atoms with Gasteiger partial charge in [0, 0.05) is 19.0 Å². The van der Waals surface area contributed by atoms with Gasteiger partial charge >= 0.3 is 6.03 Å². The Balaban J connectivity index is 1.86. The molecule has 0 fully saturated rings. The number of hydrogen-bond acceptors (Lipinski definition) is 4. The topological polar surface area (TPSA) is 105 Å². The van der Waals surface area contributed by atoms with Gasteiger partial charge in [-0.25, -0.2) is 9.86 Å². The summed E-state index contributed by atoms with van der Waals surface area (Å²) in [6.07, 6.45) is 8.66. The van der Waals surface area contributed by atoms with Crippen LogP contribution in [0.1, 0.15) is 31.2 Å². The van der Waals surface area contributed by atoms with Gasteiger partial charge in [0.05, 0.1) is 24.4 Å².